The first-order valence-corrected chi connectivity index (χ1v) is 51.0. The van der Waals surface area contributed by atoms with Crippen LogP contribution < -0.4 is 85.3 Å². The first kappa shape index (κ1) is 114. The second-order valence-electron chi connectivity index (χ2n) is 33.3. The van der Waals surface area contributed by atoms with Gasteiger partial charge in [0.1, 0.15) is 134 Å². The average Bonchev–Trinajstić information content (AvgIpc) is 0.844. The molecule has 0 amide bonds. The van der Waals surface area contributed by atoms with Gasteiger partial charge in [-0.1, -0.05) is 91.1 Å². The van der Waals surface area contributed by atoms with Crippen molar-refractivity contribution >= 4 is 17.9 Å². The lowest BCUT2D eigenvalue weighted by Gasteiger charge is -2.16. The molecule has 0 fully saturated rings. The summed E-state index contributed by atoms with van der Waals surface area (Å²) in [6.45, 7) is 11.8. The van der Waals surface area contributed by atoms with Gasteiger partial charge in [-0.05, 0) is 164 Å². The van der Waals surface area contributed by atoms with Crippen molar-refractivity contribution < 1.29 is 171 Å². The fourth-order valence-electron chi connectivity index (χ4n) is 14.6. The van der Waals surface area contributed by atoms with Crippen LogP contribution in [0.2, 0.25) is 0 Å². The Labute approximate surface area is 875 Å². The summed E-state index contributed by atoms with van der Waals surface area (Å²) >= 11 is 0. The molecule has 13 rings (SSSR count). The molecule has 6 bridgehead atoms. The smallest absolute Gasteiger partial charge is 0.338 e. The van der Waals surface area contributed by atoms with Crippen molar-refractivity contribution in [2.24, 2.45) is 0 Å². The Kier molecular flexibility index (Phi) is 52.9. The molecule has 9 aromatic rings. The van der Waals surface area contributed by atoms with Gasteiger partial charge in [0.2, 0.25) is 0 Å². The molecule has 0 aromatic heterocycles. The predicted molar refractivity (Wildman–Crippen MR) is 549 cm³/mol. The van der Waals surface area contributed by atoms with Gasteiger partial charge >= 0.3 is 17.9 Å². The summed E-state index contributed by atoms with van der Waals surface area (Å²) in [6.07, 6.45) is 14.7. The van der Waals surface area contributed by atoms with Gasteiger partial charge < -0.3 is 156 Å². The van der Waals surface area contributed by atoms with Crippen LogP contribution in [0.25, 0.3) is 0 Å². The van der Waals surface area contributed by atoms with Crippen molar-refractivity contribution in [1.29, 1.82) is 0 Å². The topological polar surface area (TPSA) is 356 Å². The predicted octanol–water partition coefficient (Wildman–Crippen LogP) is 16.3. The van der Waals surface area contributed by atoms with E-state index in [0.29, 0.717) is 317 Å². The van der Waals surface area contributed by atoms with Crippen LogP contribution in [0, 0.1) is 0 Å². The number of hydrogen-bond acceptors (Lipinski definition) is 36. The Morgan fingerprint density at radius 1 is 0.160 bits per heavy atom. The van der Waals surface area contributed by atoms with Gasteiger partial charge in [-0.25, -0.2) is 14.4 Å². The second kappa shape index (κ2) is 69.7. The normalized spacial score (nSPS) is 17.4. The Morgan fingerprint density at radius 3 is 0.487 bits per heavy atom. The molecular weight excluding hydrogens is 1950 g/mol. The molecule has 0 aliphatic carbocycles. The number of para-hydroxylation sites is 6. The van der Waals surface area contributed by atoms with E-state index < -0.39 is 17.9 Å². The van der Waals surface area contributed by atoms with Crippen molar-refractivity contribution in [1.82, 2.24) is 0 Å². The van der Waals surface area contributed by atoms with Crippen molar-refractivity contribution in [3.8, 4) is 103 Å². The largest absolute Gasteiger partial charge is 0.493 e. The molecule has 0 atom stereocenters. The third kappa shape index (κ3) is 44.4. The van der Waals surface area contributed by atoms with Crippen molar-refractivity contribution in [2.45, 2.75) is 58.3 Å². The molecule has 810 valence electrons. The van der Waals surface area contributed by atoms with E-state index in [9.17, 15) is 14.4 Å². The maximum atomic E-state index is 14.3. The van der Waals surface area contributed by atoms with Gasteiger partial charge in [-0.15, -0.1) is 0 Å². The lowest BCUT2D eigenvalue weighted by molar-refractivity contribution is 0.0223. The van der Waals surface area contributed by atoms with Crippen LogP contribution in [-0.4, -0.2) is 295 Å². The summed E-state index contributed by atoms with van der Waals surface area (Å²) in [7, 11) is 0. The van der Waals surface area contributed by atoms with Crippen LogP contribution in [0.4, 0.5) is 0 Å². The van der Waals surface area contributed by atoms with E-state index in [1.165, 1.54) is 0 Å². The van der Waals surface area contributed by atoms with E-state index in [-0.39, 0.29) is 155 Å². The minimum Gasteiger partial charge on any atom is -0.493 e. The van der Waals surface area contributed by atoms with Gasteiger partial charge in [0.15, 0.2) is 69.0 Å². The Hall–Kier alpha value is -13.5. The fraction of sp³-hybridized carbons (Fsp3) is 0.447. The molecule has 36 heteroatoms. The van der Waals surface area contributed by atoms with Crippen molar-refractivity contribution in [3.05, 3.63) is 252 Å². The molecule has 0 saturated heterocycles. The number of ether oxygens (including phenoxy) is 33. The summed E-state index contributed by atoms with van der Waals surface area (Å²) in [4.78, 5) is 42.9. The second-order valence-corrected chi connectivity index (χ2v) is 33.3. The Bertz CT molecular complexity index is 4860. The maximum absolute atomic E-state index is 14.3. The van der Waals surface area contributed by atoms with Crippen molar-refractivity contribution in [3.63, 3.8) is 0 Å². The molecule has 9 aromatic carbocycles. The highest BCUT2D eigenvalue weighted by atomic mass is 16.6. The van der Waals surface area contributed by atoms with E-state index >= 15 is 0 Å². The van der Waals surface area contributed by atoms with E-state index in [4.69, 9.17) is 156 Å². The number of carbonyl (C=O) groups is 3. The number of fused-ring (bicyclic) bond motifs is 12. The highest BCUT2D eigenvalue weighted by molar-refractivity contribution is 5.92. The first-order valence-electron chi connectivity index (χ1n) is 51.0. The quantitative estimate of drug-likeness (QED) is 0.0736. The van der Waals surface area contributed by atoms with Crippen LogP contribution >= 0.6 is 0 Å². The van der Waals surface area contributed by atoms with Crippen molar-refractivity contribution in [2.75, 3.05) is 277 Å². The van der Waals surface area contributed by atoms with Crippen LogP contribution in [0.5, 0.6) is 103 Å². The number of esters is 3. The molecule has 4 aliphatic heterocycles. The summed E-state index contributed by atoms with van der Waals surface area (Å²) in [6, 6.07) is 53.1. The first-order chi connectivity index (χ1) is 74.2. The maximum Gasteiger partial charge on any atom is 0.338 e. The van der Waals surface area contributed by atoms with Gasteiger partial charge in [0.05, 0.1) is 215 Å². The SMILES string of the molecule is O=C(OCc1ccc2c(c1)OCCOCCOCCOc1ccccc1OCCOCCOCCO2)c1cc2cc(c1)OCCC=CCCOc1cc(cc(C(=O)OCc3ccc4c(c3)OCCOCCOCCOc3ccccc3OCCOCCOCCO4)c1)OCCC=CCCOc1cc(cc(C(=O)OCc3ccc4c(c3)OCCOCCOCCOc3ccccc3OCCOCCOCCO4)c1)OCCC=CCCO2. The minimum absolute atomic E-state index is 0.126. The number of hydrogen-bond donors (Lipinski definition) is 0. The molecule has 150 heavy (non-hydrogen) atoms. The van der Waals surface area contributed by atoms with Crippen LogP contribution in [0.15, 0.2) is 218 Å². The summed E-state index contributed by atoms with van der Waals surface area (Å²) in [5.41, 5.74) is 2.43. The van der Waals surface area contributed by atoms with Gasteiger partial charge in [-0.2, -0.15) is 0 Å². The third-order valence-electron chi connectivity index (χ3n) is 21.9. The minimum atomic E-state index is -0.635. The average molecular weight is 2080 g/mol. The molecule has 0 unspecified atom stereocenters. The number of rotatable bonds is 9. The van der Waals surface area contributed by atoms with Crippen LogP contribution in [-0.2, 0) is 90.9 Å². The molecule has 0 radical (unpaired) electrons. The molecular formula is C114H138O36. The standard InChI is InChI=1S/C114H138O36/c115-112(148-85-88-25-28-106-109(73-88)145-70-58-127-46-43-121-52-64-139-103-22-10-7-19-100(103)136-61-49-118-37-40-124-55-67-142-106)91-76-94-82-96(78-91)132-33-15-3-4-17-35-134-98-80-93(114(117)150-87-90-27-30-108-111(75-90)147-72-60-129-48-45-123-54-66-141-105-24-12-9-21-102(105)138-63-51-120-39-42-126-57-69-144-108)81-99(84-98)135-36-18-6-5-16-34-133-97-79-92(77-95(83-97)131-32-14-2-1-13-31-130-94)113(116)149-86-89-26-29-107-110(74-89)146-71-59-128-47-44-122-53-65-140-104-23-11-8-20-101(104)137-62-50-119-38-41-125-56-68-143-107/h1-12,19-30,73-84H,13-18,31-72,85-87H2. The van der Waals surface area contributed by atoms with E-state index in [1.54, 1.807) is 109 Å². The van der Waals surface area contributed by atoms with Crippen LogP contribution in [0.1, 0.15) is 86.3 Å². The molecule has 36 nitrogen and oxygen atoms in total. The highest BCUT2D eigenvalue weighted by Crippen LogP contribution is 2.37. The Morgan fingerprint density at radius 2 is 0.313 bits per heavy atom. The monoisotopic (exact) mass is 2080 g/mol. The zero-order chi connectivity index (χ0) is 103. The lowest BCUT2D eigenvalue weighted by Crippen LogP contribution is -2.15. The Balaban J connectivity index is 0.660. The van der Waals surface area contributed by atoms with Crippen LogP contribution in [0.3, 0.4) is 0 Å². The third-order valence-corrected chi connectivity index (χ3v) is 21.9. The number of benzene rings is 9. The van der Waals surface area contributed by atoms with Gasteiger partial charge in [0, 0.05) is 18.2 Å². The molecule has 0 saturated carbocycles. The van der Waals surface area contributed by atoms with E-state index in [2.05, 4.69) is 0 Å². The molecule has 0 spiro atoms. The number of carbonyl (C=O) groups excluding carboxylic acids is 3. The summed E-state index contributed by atoms with van der Waals surface area (Å²) < 4.78 is 198. The highest BCUT2D eigenvalue weighted by Gasteiger charge is 2.22. The van der Waals surface area contributed by atoms with E-state index in [1.807, 2.05) is 109 Å². The molecule has 0 N–H and O–H groups in total. The molecule has 4 aliphatic rings. The fourth-order valence-corrected chi connectivity index (χ4v) is 14.6. The van der Waals surface area contributed by atoms with E-state index in [0.717, 1.165) is 0 Å². The zero-order valence-electron chi connectivity index (χ0n) is 85.0. The molecule has 4 heterocycles. The van der Waals surface area contributed by atoms with Gasteiger partial charge in [-0.3, -0.25) is 0 Å². The summed E-state index contributed by atoms with van der Waals surface area (Å²) in [5, 5.41) is 0. The zero-order valence-corrected chi connectivity index (χ0v) is 85.0. The lowest BCUT2D eigenvalue weighted by atomic mass is 10.2. The van der Waals surface area contributed by atoms with Gasteiger partial charge in [0.25, 0.3) is 0 Å². The summed E-state index contributed by atoms with van der Waals surface area (Å²) in [5.74, 6) is 6.61.